The number of fused-ring (bicyclic) bond motifs is 2. The van der Waals surface area contributed by atoms with Gasteiger partial charge in [0.2, 0.25) is 0 Å². The van der Waals surface area contributed by atoms with E-state index >= 15 is 0 Å². The van der Waals surface area contributed by atoms with E-state index in [1.807, 2.05) is 48.5 Å². The molecule has 3 aromatic rings. The van der Waals surface area contributed by atoms with Crippen molar-refractivity contribution < 1.29 is 19.4 Å². The molecule has 1 aliphatic heterocycles. The van der Waals surface area contributed by atoms with Crippen LogP contribution in [-0.2, 0) is 0 Å². The quantitative estimate of drug-likeness (QED) is 0.778. The lowest BCUT2D eigenvalue weighted by Crippen LogP contribution is -2.18. The number of benzene rings is 3. The van der Waals surface area contributed by atoms with Gasteiger partial charge in [-0.15, -0.1) is 0 Å². The molecule has 3 aromatic carbocycles. The average molecular weight is 306 g/mol. The summed E-state index contributed by atoms with van der Waals surface area (Å²) < 4.78 is 11.1. The van der Waals surface area contributed by atoms with Crippen LogP contribution in [0.1, 0.15) is 10.4 Å². The molecule has 0 aromatic heterocycles. The molecule has 0 aliphatic carbocycles. The highest BCUT2D eigenvalue weighted by atomic mass is 16.6. The van der Waals surface area contributed by atoms with Crippen LogP contribution in [0.2, 0.25) is 0 Å². The van der Waals surface area contributed by atoms with Crippen molar-refractivity contribution in [2.45, 2.75) is 0 Å². The van der Waals surface area contributed by atoms with E-state index in [0.29, 0.717) is 24.7 Å². The highest BCUT2D eigenvalue weighted by molar-refractivity contribution is 6.00. The molecule has 1 N–H and O–H groups in total. The zero-order chi connectivity index (χ0) is 15.8. The van der Waals surface area contributed by atoms with Gasteiger partial charge >= 0.3 is 5.97 Å². The third-order valence-electron chi connectivity index (χ3n) is 3.97. The van der Waals surface area contributed by atoms with Crippen LogP contribution in [0.25, 0.3) is 21.9 Å². The fourth-order valence-corrected chi connectivity index (χ4v) is 2.95. The topological polar surface area (TPSA) is 55.8 Å². The predicted molar refractivity (Wildman–Crippen MR) is 87.3 cm³/mol. The number of carboxylic acids is 1. The van der Waals surface area contributed by atoms with Gasteiger partial charge in [-0.25, -0.2) is 4.79 Å². The summed E-state index contributed by atoms with van der Waals surface area (Å²) in [4.78, 5) is 11.6. The Morgan fingerprint density at radius 1 is 0.957 bits per heavy atom. The van der Waals surface area contributed by atoms with E-state index in [4.69, 9.17) is 9.47 Å². The van der Waals surface area contributed by atoms with E-state index in [9.17, 15) is 9.90 Å². The second-order valence-electron chi connectivity index (χ2n) is 5.38. The van der Waals surface area contributed by atoms with Crippen molar-refractivity contribution in [2.75, 3.05) is 13.2 Å². The van der Waals surface area contributed by atoms with Gasteiger partial charge in [0, 0.05) is 0 Å². The van der Waals surface area contributed by atoms with Crippen LogP contribution >= 0.6 is 0 Å². The third-order valence-corrected chi connectivity index (χ3v) is 3.97. The molecule has 0 saturated carbocycles. The minimum absolute atomic E-state index is 0.130. The summed E-state index contributed by atoms with van der Waals surface area (Å²) in [6.07, 6.45) is 0. The van der Waals surface area contributed by atoms with E-state index in [-0.39, 0.29) is 5.56 Å². The van der Waals surface area contributed by atoms with Gasteiger partial charge < -0.3 is 14.6 Å². The van der Waals surface area contributed by atoms with Crippen LogP contribution in [0, 0.1) is 0 Å². The Bertz CT molecular complexity index is 909. The van der Waals surface area contributed by atoms with Crippen molar-refractivity contribution in [3.63, 3.8) is 0 Å². The van der Waals surface area contributed by atoms with Crippen molar-refractivity contribution in [3.8, 4) is 22.6 Å². The van der Waals surface area contributed by atoms with Crippen LogP contribution in [0.15, 0.2) is 54.6 Å². The lowest BCUT2D eigenvalue weighted by atomic mass is 9.96. The first-order chi connectivity index (χ1) is 11.2. The summed E-state index contributed by atoms with van der Waals surface area (Å²) >= 11 is 0. The molecular weight excluding hydrogens is 292 g/mol. The number of carbonyl (C=O) groups is 1. The first-order valence-corrected chi connectivity index (χ1v) is 7.39. The number of hydrogen-bond acceptors (Lipinski definition) is 3. The molecule has 23 heavy (non-hydrogen) atoms. The predicted octanol–water partition coefficient (Wildman–Crippen LogP) is 3.98. The summed E-state index contributed by atoms with van der Waals surface area (Å²) in [5.74, 6) is -0.222. The summed E-state index contributed by atoms with van der Waals surface area (Å²) in [5.41, 5.74) is 1.91. The van der Waals surface area contributed by atoms with Crippen LogP contribution in [-0.4, -0.2) is 24.3 Å². The molecule has 4 nitrogen and oxygen atoms in total. The fraction of sp³-hybridized carbons (Fsp3) is 0.105. The van der Waals surface area contributed by atoms with Crippen LogP contribution < -0.4 is 9.47 Å². The molecule has 0 saturated heterocycles. The third kappa shape index (κ3) is 2.28. The zero-order valence-corrected chi connectivity index (χ0v) is 12.3. The maximum absolute atomic E-state index is 11.6. The Kier molecular flexibility index (Phi) is 3.15. The first-order valence-electron chi connectivity index (χ1n) is 7.39. The molecular formula is C19H14O4. The van der Waals surface area contributed by atoms with Gasteiger partial charge in [-0.2, -0.15) is 0 Å². The Morgan fingerprint density at radius 3 is 2.61 bits per heavy atom. The minimum Gasteiger partial charge on any atom is -0.486 e. The van der Waals surface area contributed by atoms with E-state index < -0.39 is 5.97 Å². The summed E-state index contributed by atoms with van der Waals surface area (Å²) in [6.45, 7) is 0.784. The molecule has 0 bridgehead atoms. The molecule has 1 heterocycles. The van der Waals surface area contributed by atoms with E-state index in [1.165, 1.54) is 0 Å². The Hall–Kier alpha value is -3.01. The van der Waals surface area contributed by atoms with Crippen molar-refractivity contribution in [1.82, 2.24) is 0 Å². The Morgan fingerprint density at radius 2 is 1.74 bits per heavy atom. The maximum atomic E-state index is 11.6. The highest BCUT2D eigenvalue weighted by Gasteiger charge is 2.22. The molecule has 0 fully saturated rings. The largest absolute Gasteiger partial charge is 0.486 e. The van der Waals surface area contributed by atoms with E-state index in [1.54, 1.807) is 6.07 Å². The molecule has 0 unspecified atom stereocenters. The molecule has 0 atom stereocenters. The SMILES string of the molecule is O=C(O)c1cc(-c2cccc3ccccc23)cc2c1OCCO2. The molecule has 4 heteroatoms. The minimum atomic E-state index is -1.02. The average Bonchev–Trinajstić information content (AvgIpc) is 2.60. The highest BCUT2D eigenvalue weighted by Crippen LogP contribution is 2.40. The Labute approximate surface area is 132 Å². The molecule has 0 spiro atoms. The number of carboxylic acid groups (broad SMARTS) is 1. The molecule has 4 rings (SSSR count). The van der Waals surface area contributed by atoms with Crippen molar-refractivity contribution in [3.05, 3.63) is 60.2 Å². The van der Waals surface area contributed by atoms with Crippen molar-refractivity contribution in [2.24, 2.45) is 0 Å². The van der Waals surface area contributed by atoms with Crippen molar-refractivity contribution in [1.29, 1.82) is 0 Å². The fourth-order valence-electron chi connectivity index (χ4n) is 2.95. The number of rotatable bonds is 2. The van der Waals surface area contributed by atoms with Gasteiger partial charge in [-0.1, -0.05) is 42.5 Å². The molecule has 0 radical (unpaired) electrons. The van der Waals surface area contributed by atoms with Crippen LogP contribution in [0.3, 0.4) is 0 Å². The second kappa shape index (κ2) is 5.32. The van der Waals surface area contributed by atoms with Gasteiger partial charge in [0.25, 0.3) is 0 Å². The molecule has 0 amide bonds. The van der Waals surface area contributed by atoms with Crippen LogP contribution in [0.5, 0.6) is 11.5 Å². The summed E-state index contributed by atoms with van der Waals surface area (Å²) in [7, 11) is 0. The zero-order valence-electron chi connectivity index (χ0n) is 12.3. The van der Waals surface area contributed by atoms with Gasteiger partial charge in [-0.3, -0.25) is 0 Å². The van der Waals surface area contributed by atoms with Crippen LogP contribution in [0.4, 0.5) is 0 Å². The van der Waals surface area contributed by atoms with E-state index in [2.05, 4.69) is 0 Å². The van der Waals surface area contributed by atoms with Gasteiger partial charge in [0.15, 0.2) is 11.5 Å². The molecule has 1 aliphatic rings. The standard InChI is InChI=1S/C19H14O4/c20-19(21)16-10-13(11-17-18(16)23-9-8-22-17)15-7-3-5-12-4-1-2-6-14(12)15/h1-7,10-11H,8-9H2,(H,20,21). The smallest absolute Gasteiger partial charge is 0.339 e. The maximum Gasteiger partial charge on any atom is 0.339 e. The Balaban J connectivity index is 1.98. The molecule has 114 valence electrons. The van der Waals surface area contributed by atoms with Gasteiger partial charge in [-0.05, 0) is 34.0 Å². The van der Waals surface area contributed by atoms with Crippen molar-refractivity contribution >= 4 is 16.7 Å². The number of hydrogen-bond donors (Lipinski definition) is 1. The first kappa shape index (κ1) is 13.6. The normalized spacial score (nSPS) is 13.0. The summed E-state index contributed by atoms with van der Waals surface area (Å²) in [5, 5.41) is 11.7. The lowest BCUT2D eigenvalue weighted by Gasteiger charge is -2.21. The lowest BCUT2D eigenvalue weighted by molar-refractivity contribution is 0.0686. The monoisotopic (exact) mass is 306 g/mol. The van der Waals surface area contributed by atoms with E-state index in [0.717, 1.165) is 21.9 Å². The number of ether oxygens (including phenoxy) is 2. The number of aromatic carboxylic acids is 1. The second-order valence-corrected chi connectivity index (χ2v) is 5.38. The van der Waals surface area contributed by atoms with Gasteiger partial charge in [0.1, 0.15) is 18.8 Å². The van der Waals surface area contributed by atoms with Gasteiger partial charge in [0.05, 0.1) is 0 Å². The summed E-state index contributed by atoms with van der Waals surface area (Å²) in [6, 6.07) is 17.5.